The summed E-state index contributed by atoms with van der Waals surface area (Å²) in [6.07, 6.45) is 17.0. The molecule has 50 heavy (non-hydrogen) atoms. The first kappa shape index (κ1) is 29.4. The Morgan fingerprint density at radius 2 is 0.800 bits per heavy atom. The molecule has 0 spiro atoms. The Labute approximate surface area is 295 Å². The van der Waals surface area contributed by atoms with E-state index in [0.717, 1.165) is 74.6 Å². The number of hydrogen-bond donors (Lipinski definition) is 0. The molecule has 0 N–H and O–H groups in total. The van der Waals surface area contributed by atoms with Crippen LogP contribution in [0.5, 0.6) is 0 Å². The van der Waals surface area contributed by atoms with Crippen LogP contribution in [0.1, 0.15) is 93.7 Å². The maximum atomic E-state index is 9.42. The monoisotopic (exact) mass is 652 g/mol. The fourth-order valence-electron chi connectivity index (χ4n) is 13.1. The van der Waals surface area contributed by atoms with Gasteiger partial charge in [0.25, 0.3) is 0 Å². The van der Waals surface area contributed by atoms with E-state index in [1.54, 1.807) is 0 Å². The van der Waals surface area contributed by atoms with Crippen molar-refractivity contribution >= 4 is 10.8 Å². The maximum Gasteiger partial charge on any atom is 0.164 e. The van der Waals surface area contributed by atoms with Gasteiger partial charge in [0.1, 0.15) is 0 Å². The van der Waals surface area contributed by atoms with E-state index in [-0.39, 0.29) is 0 Å². The van der Waals surface area contributed by atoms with Crippen molar-refractivity contribution in [1.29, 1.82) is 5.26 Å². The molecule has 4 heteroatoms. The van der Waals surface area contributed by atoms with Crippen LogP contribution in [0, 0.1) is 46.8 Å². The Kier molecular flexibility index (Phi) is 6.36. The molecule has 1 aromatic heterocycles. The summed E-state index contributed by atoms with van der Waals surface area (Å²) in [6.45, 7) is 0. The lowest BCUT2D eigenvalue weighted by Gasteiger charge is -2.57. The van der Waals surface area contributed by atoms with Crippen molar-refractivity contribution < 1.29 is 0 Å². The molecule has 5 aromatic rings. The van der Waals surface area contributed by atoms with Gasteiger partial charge in [-0.15, -0.1) is 0 Å². The normalized spacial score (nSPS) is 33.2. The third-order valence-electron chi connectivity index (χ3n) is 14.5. The summed E-state index contributed by atoms with van der Waals surface area (Å²) in [4.78, 5) is 15.4. The molecule has 0 atom stereocenters. The minimum absolute atomic E-state index is 0.373. The van der Waals surface area contributed by atoms with Gasteiger partial charge in [0.05, 0.1) is 11.6 Å². The molecular formula is C46H44N4. The SMILES string of the molecule is N#Cc1ccc2cc(-c3nc(-c4ccc(C56CC7CC(CC(C7)C5)C6)cc4)nc(-c4ccc(C56CC7CC(CC(C7)C5)C6)cc4)n3)ccc2c1. The molecule has 0 aliphatic heterocycles. The van der Waals surface area contributed by atoms with Crippen molar-refractivity contribution in [2.24, 2.45) is 35.5 Å². The molecule has 248 valence electrons. The lowest BCUT2D eigenvalue weighted by molar-refractivity contribution is -0.00530. The van der Waals surface area contributed by atoms with Crippen LogP contribution in [0.3, 0.4) is 0 Å². The van der Waals surface area contributed by atoms with Gasteiger partial charge < -0.3 is 0 Å². The molecule has 8 bridgehead atoms. The average Bonchev–Trinajstić information content (AvgIpc) is 3.13. The summed E-state index contributed by atoms with van der Waals surface area (Å²) < 4.78 is 0. The predicted octanol–water partition coefficient (Wildman–Crippen LogP) is 10.8. The van der Waals surface area contributed by atoms with E-state index in [1.165, 1.54) is 88.2 Å². The molecule has 1 heterocycles. The third kappa shape index (κ3) is 4.72. The minimum atomic E-state index is 0.373. The average molecular weight is 653 g/mol. The highest BCUT2D eigenvalue weighted by Gasteiger charge is 2.52. The van der Waals surface area contributed by atoms with Crippen LogP contribution < -0.4 is 0 Å². The molecule has 8 aliphatic rings. The fraction of sp³-hybridized carbons (Fsp3) is 0.435. The number of rotatable bonds is 5. The summed E-state index contributed by atoms with van der Waals surface area (Å²) in [5.74, 6) is 7.71. The Bertz CT molecular complexity index is 2010. The largest absolute Gasteiger partial charge is 0.208 e. The van der Waals surface area contributed by atoms with Crippen LogP contribution in [0.2, 0.25) is 0 Å². The zero-order valence-electron chi connectivity index (χ0n) is 28.8. The van der Waals surface area contributed by atoms with Crippen molar-refractivity contribution in [1.82, 2.24) is 15.0 Å². The van der Waals surface area contributed by atoms with Gasteiger partial charge in [0.2, 0.25) is 0 Å². The maximum absolute atomic E-state index is 9.42. The number of nitrogens with zero attached hydrogens (tertiary/aromatic N) is 4. The van der Waals surface area contributed by atoms with E-state index in [0.29, 0.717) is 22.2 Å². The number of fused-ring (bicyclic) bond motifs is 1. The Morgan fingerprint density at radius 3 is 1.22 bits per heavy atom. The molecule has 8 fully saturated rings. The summed E-state index contributed by atoms with van der Waals surface area (Å²) in [7, 11) is 0. The van der Waals surface area contributed by atoms with Crippen molar-refractivity contribution in [2.45, 2.75) is 87.9 Å². The molecule has 0 radical (unpaired) electrons. The van der Waals surface area contributed by atoms with Crippen LogP contribution >= 0.6 is 0 Å². The predicted molar refractivity (Wildman–Crippen MR) is 198 cm³/mol. The first-order valence-electron chi connectivity index (χ1n) is 19.4. The van der Waals surface area contributed by atoms with Gasteiger partial charge in [-0.05, 0) is 163 Å². The van der Waals surface area contributed by atoms with E-state index in [9.17, 15) is 5.26 Å². The highest BCUT2D eigenvalue weighted by molar-refractivity contribution is 5.87. The summed E-state index contributed by atoms with van der Waals surface area (Å²) in [6, 6.07) is 33.1. The second kappa shape index (κ2) is 10.8. The molecule has 13 rings (SSSR count). The quantitative estimate of drug-likeness (QED) is 0.190. The van der Waals surface area contributed by atoms with E-state index in [2.05, 4.69) is 72.8 Å². The van der Waals surface area contributed by atoms with Gasteiger partial charge >= 0.3 is 0 Å². The Morgan fingerprint density at radius 1 is 0.440 bits per heavy atom. The van der Waals surface area contributed by atoms with Gasteiger partial charge in [0.15, 0.2) is 17.5 Å². The molecule has 4 aromatic carbocycles. The molecule has 8 aliphatic carbocycles. The second-order valence-electron chi connectivity index (χ2n) is 17.7. The number of aromatic nitrogens is 3. The lowest BCUT2D eigenvalue weighted by atomic mass is 9.48. The van der Waals surface area contributed by atoms with Gasteiger partial charge in [-0.3, -0.25) is 0 Å². The number of nitriles is 1. The smallest absolute Gasteiger partial charge is 0.164 e. The number of benzene rings is 4. The van der Waals surface area contributed by atoms with Crippen LogP contribution in [-0.2, 0) is 10.8 Å². The van der Waals surface area contributed by atoms with Crippen LogP contribution in [-0.4, -0.2) is 15.0 Å². The number of hydrogen-bond acceptors (Lipinski definition) is 4. The van der Waals surface area contributed by atoms with Gasteiger partial charge in [-0.1, -0.05) is 66.7 Å². The molecule has 0 unspecified atom stereocenters. The Hall–Kier alpha value is -4.36. The molecule has 0 saturated heterocycles. The van der Waals surface area contributed by atoms with Crippen molar-refractivity contribution in [2.75, 3.05) is 0 Å². The molecule has 0 amide bonds. The van der Waals surface area contributed by atoms with Crippen molar-refractivity contribution in [3.8, 4) is 40.2 Å². The van der Waals surface area contributed by atoms with E-state index in [1.807, 2.05) is 18.2 Å². The topological polar surface area (TPSA) is 62.5 Å². The van der Waals surface area contributed by atoms with Crippen LogP contribution in [0.4, 0.5) is 0 Å². The van der Waals surface area contributed by atoms with E-state index in [4.69, 9.17) is 15.0 Å². The molecule has 4 nitrogen and oxygen atoms in total. The Balaban J connectivity index is 0.974. The summed E-state index contributed by atoms with van der Waals surface area (Å²) >= 11 is 0. The lowest BCUT2D eigenvalue weighted by Crippen LogP contribution is -2.48. The third-order valence-corrected chi connectivity index (χ3v) is 14.5. The van der Waals surface area contributed by atoms with E-state index >= 15 is 0 Å². The van der Waals surface area contributed by atoms with Crippen LogP contribution in [0.25, 0.3) is 44.9 Å². The highest BCUT2D eigenvalue weighted by atomic mass is 15.0. The fourth-order valence-corrected chi connectivity index (χ4v) is 13.1. The zero-order chi connectivity index (χ0) is 33.0. The van der Waals surface area contributed by atoms with Gasteiger partial charge in [0, 0.05) is 16.7 Å². The van der Waals surface area contributed by atoms with Crippen molar-refractivity contribution in [3.63, 3.8) is 0 Å². The summed E-state index contributed by atoms with van der Waals surface area (Å²) in [5, 5.41) is 11.5. The van der Waals surface area contributed by atoms with Gasteiger partial charge in [-0.2, -0.15) is 5.26 Å². The van der Waals surface area contributed by atoms with Crippen LogP contribution in [0.15, 0.2) is 84.9 Å². The standard InChI is InChI=1S/C46H44N4/c47-27-28-1-2-38-20-39(4-3-37(38)19-28)44-49-42(35-5-9-40(10-6-35)45-21-29-13-30(22-45)15-31(14-29)23-45)48-43(50-44)36-7-11-41(12-8-36)46-24-32-16-33(25-46)18-34(17-32)26-46/h1-12,19-20,29-34H,13-18,21-26H2. The minimum Gasteiger partial charge on any atom is -0.208 e. The van der Waals surface area contributed by atoms with Crippen molar-refractivity contribution in [3.05, 3.63) is 102 Å². The van der Waals surface area contributed by atoms with E-state index < -0.39 is 0 Å². The molecular weight excluding hydrogens is 609 g/mol. The molecule has 8 saturated carbocycles. The second-order valence-corrected chi connectivity index (χ2v) is 17.7. The van der Waals surface area contributed by atoms with Gasteiger partial charge in [-0.25, -0.2) is 15.0 Å². The first-order valence-corrected chi connectivity index (χ1v) is 19.4. The zero-order valence-corrected chi connectivity index (χ0v) is 28.8. The summed E-state index contributed by atoms with van der Waals surface area (Å²) in [5.41, 5.74) is 7.53. The highest BCUT2D eigenvalue weighted by Crippen LogP contribution is 2.62. The first-order chi connectivity index (χ1) is 24.5.